The van der Waals surface area contributed by atoms with Crippen molar-refractivity contribution in [2.24, 2.45) is 10.2 Å². The van der Waals surface area contributed by atoms with Gasteiger partial charge in [0.2, 0.25) is 10.0 Å². The number of thiocarbonyl (C=S) groups is 1. The molecule has 134 valence electrons. The Hall–Kier alpha value is -2.53. The van der Waals surface area contributed by atoms with Crippen molar-refractivity contribution in [3.05, 3.63) is 53.1 Å². The van der Waals surface area contributed by atoms with E-state index in [0.29, 0.717) is 22.0 Å². The number of nitrogens with two attached hydrogens (primary N) is 1. The number of halogens is 1. The molecule has 3 rings (SSSR count). The van der Waals surface area contributed by atoms with Crippen LogP contribution in [0.2, 0.25) is 5.02 Å². The van der Waals surface area contributed by atoms with E-state index in [1.807, 2.05) is 0 Å². The monoisotopic (exact) mass is 409 g/mol. The lowest BCUT2D eigenvalue weighted by atomic mass is 10.1. The topological polar surface area (TPSA) is 126 Å². The van der Waals surface area contributed by atoms with Crippen molar-refractivity contribution in [1.82, 2.24) is 5.43 Å². The summed E-state index contributed by atoms with van der Waals surface area (Å²) in [6, 6.07) is 10.7. The van der Waals surface area contributed by atoms with Crippen LogP contribution in [-0.4, -0.2) is 25.1 Å². The number of nitrogens with zero attached hydrogens (tertiary/aromatic N) is 1. The van der Waals surface area contributed by atoms with Crippen LogP contribution < -0.4 is 21.2 Å². The van der Waals surface area contributed by atoms with Gasteiger partial charge in [0.15, 0.2) is 10.8 Å². The molecule has 0 aliphatic carbocycles. The van der Waals surface area contributed by atoms with E-state index in [1.165, 1.54) is 18.2 Å². The summed E-state index contributed by atoms with van der Waals surface area (Å²) in [5.41, 5.74) is 4.25. The fourth-order valence-corrected chi connectivity index (χ4v) is 3.15. The molecule has 1 heterocycles. The van der Waals surface area contributed by atoms with Gasteiger partial charge in [0.1, 0.15) is 0 Å². The number of hydrazone groups is 1. The van der Waals surface area contributed by atoms with Crippen molar-refractivity contribution in [3.63, 3.8) is 0 Å². The highest BCUT2D eigenvalue weighted by Gasteiger charge is 2.26. The fourth-order valence-electron chi connectivity index (χ4n) is 2.26. The van der Waals surface area contributed by atoms with Gasteiger partial charge in [-0.3, -0.25) is 10.2 Å². The van der Waals surface area contributed by atoms with Crippen LogP contribution in [0.25, 0.3) is 0 Å². The average molecular weight is 410 g/mol. The molecule has 0 radical (unpaired) electrons. The maximum absolute atomic E-state index is 12.0. The Balaban J connectivity index is 1.74. The van der Waals surface area contributed by atoms with Crippen LogP contribution in [0.5, 0.6) is 0 Å². The van der Waals surface area contributed by atoms with E-state index in [4.69, 9.17) is 29.0 Å². The Morgan fingerprint density at radius 3 is 2.73 bits per heavy atom. The normalized spacial score (nSPS) is 14.7. The number of carbonyl (C=O) groups is 1. The first-order valence-corrected chi connectivity index (χ1v) is 9.46. The summed E-state index contributed by atoms with van der Waals surface area (Å²) in [5, 5.41) is 15.1. The van der Waals surface area contributed by atoms with Crippen LogP contribution >= 0.6 is 23.8 Å². The Morgan fingerprint density at radius 1 is 1.23 bits per heavy atom. The molecule has 0 saturated carbocycles. The van der Waals surface area contributed by atoms with E-state index < -0.39 is 15.9 Å². The number of benzene rings is 2. The third-order valence-corrected chi connectivity index (χ3v) is 4.73. The molecular formula is C15H12ClN5O3S2. The van der Waals surface area contributed by atoms with Gasteiger partial charge in [-0.05, 0) is 48.6 Å². The SMILES string of the molecule is NS(=O)(=O)c1cccc(NC(=S)NN=C2C(=O)Nc3cc(Cl)ccc32)c1. The van der Waals surface area contributed by atoms with Crippen LogP contribution in [-0.2, 0) is 14.8 Å². The summed E-state index contributed by atoms with van der Waals surface area (Å²) in [6.45, 7) is 0. The number of fused-ring (bicyclic) bond motifs is 1. The zero-order valence-electron chi connectivity index (χ0n) is 13.0. The molecule has 0 unspecified atom stereocenters. The van der Waals surface area contributed by atoms with Crippen molar-refractivity contribution >= 4 is 61.9 Å². The predicted molar refractivity (Wildman–Crippen MR) is 104 cm³/mol. The summed E-state index contributed by atoms with van der Waals surface area (Å²) < 4.78 is 22.7. The van der Waals surface area contributed by atoms with Crippen LogP contribution in [0.1, 0.15) is 5.56 Å². The van der Waals surface area contributed by atoms with E-state index >= 15 is 0 Å². The first kappa shape index (κ1) is 18.3. The van der Waals surface area contributed by atoms with Gasteiger partial charge in [-0.2, -0.15) is 5.10 Å². The molecule has 0 spiro atoms. The molecule has 1 aliphatic heterocycles. The molecule has 5 N–H and O–H groups in total. The lowest BCUT2D eigenvalue weighted by Crippen LogP contribution is -2.27. The first-order chi connectivity index (χ1) is 12.2. The minimum atomic E-state index is -3.83. The molecule has 0 fully saturated rings. The minimum Gasteiger partial charge on any atom is -0.331 e. The van der Waals surface area contributed by atoms with Crippen molar-refractivity contribution in [3.8, 4) is 0 Å². The Kier molecular flexibility index (Phi) is 4.92. The van der Waals surface area contributed by atoms with E-state index in [9.17, 15) is 13.2 Å². The molecule has 8 nitrogen and oxygen atoms in total. The molecule has 26 heavy (non-hydrogen) atoms. The Labute approximate surface area is 159 Å². The van der Waals surface area contributed by atoms with Crippen molar-refractivity contribution in [2.75, 3.05) is 10.6 Å². The highest BCUT2D eigenvalue weighted by Crippen LogP contribution is 2.26. The number of nitrogens with one attached hydrogen (secondary N) is 3. The summed E-state index contributed by atoms with van der Waals surface area (Å²) >= 11 is 11.0. The highest BCUT2D eigenvalue weighted by molar-refractivity contribution is 7.89. The lowest BCUT2D eigenvalue weighted by molar-refractivity contribution is -0.110. The third kappa shape index (κ3) is 3.99. The lowest BCUT2D eigenvalue weighted by Gasteiger charge is -2.08. The maximum atomic E-state index is 12.0. The molecule has 1 aliphatic rings. The van der Waals surface area contributed by atoms with Crippen LogP contribution in [0.3, 0.4) is 0 Å². The molecule has 2 aromatic carbocycles. The number of carbonyl (C=O) groups excluding carboxylic acids is 1. The van der Waals surface area contributed by atoms with Gasteiger partial charge in [-0.1, -0.05) is 17.7 Å². The summed E-state index contributed by atoms with van der Waals surface area (Å²) in [4.78, 5) is 11.9. The summed E-state index contributed by atoms with van der Waals surface area (Å²) in [7, 11) is -3.83. The van der Waals surface area contributed by atoms with Crippen molar-refractivity contribution < 1.29 is 13.2 Å². The number of amides is 1. The average Bonchev–Trinajstić information content (AvgIpc) is 2.86. The second-order valence-corrected chi connectivity index (χ2v) is 7.65. The zero-order valence-corrected chi connectivity index (χ0v) is 15.4. The number of hydrogen-bond acceptors (Lipinski definition) is 5. The largest absolute Gasteiger partial charge is 0.331 e. The molecule has 2 aromatic rings. The van der Waals surface area contributed by atoms with Crippen LogP contribution in [0, 0.1) is 0 Å². The minimum absolute atomic E-state index is 0.0578. The molecule has 0 saturated heterocycles. The van der Waals surface area contributed by atoms with Crippen molar-refractivity contribution in [2.45, 2.75) is 4.90 Å². The van der Waals surface area contributed by atoms with Crippen LogP contribution in [0.4, 0.5) is 11.4 Å². The van der Waals surface area contributed by atoms with Crippen LogP contribution in [0.15, 0.2) is 52.5 Å². The third-order valence-electron chi connectivity index (χ3n) is 3.39. The van der Waals surface area contributed by atoms with Gasteiger partial charge in [-0.25, -0.2) is 13.6 Å². The number of rotatable bonds is 3. The Bertz CT molecular complexity index is 1050. The van der Waals surface area contributed by atoms with Gasteiger partial charge in [-0.15, -0.1) is 0 Å². The number of sulfonamides is 1. The first-order valence-electron chi connectivity index (χ1n) is 7.13. The number of anilines is 2. The van der Waals surface area contributed by atoms with E-state index in [2.05, 4.69) is 21.2 Å². The van der Waals surface area contributed by atoms with Gasteiger partial charge in [0, 0.05) is 16.3 Å². The Morgan fingerprint density at radius 2 is 2.00 bits per heavy atom. The molecule has 1 amide bonds. The van der Waals surface area contributed by atoms with Crippen molar-refractivity contribution in [1.29, 1.82) is 0 Å². The quantitative estimate of drug-likeness (QED) is 0.451. The molecule has 11 heteroatoms. The maximum Gasteiger partial charge on any atom is 0.276 e. The van der Waals surface area contributed by atoms with E-state index in [0.717, 1.165) is 0 Å². The second kappa shape index (κ2) is 7.00. The summed E-state index contributed by atoms with van der Waals surface area (Å²) in [6.07, 6.45) is 0. The molecule has 0 atom stereocenters. The molecule has 0 aromatic heterocycles. The van der Waals surface area contributed by atoms with E-state index in [-0.39, 0.29) is 15.7 Å². The summed E-state index contributed by atoms with van der Waals surface area (Å²) in [5.74, 6) is -0.395. The van der Waals surface area contributed by atoms with Gasteiger partial charge < -0.3 is 10.6 Å². The zero-order chi connectivity index (χ0) is 18.9. The smallest absolute Gasteiger partial charge is 0.276 e. The highest BCUT2D eigenvalue weighted by atomic mass is 35.5. The number of primary sulfonamides is 1. The number of hydrogen-bond donors (Lipinski definition) is 4. The second-order valence-electron chi connectivity index (χ2n) is 5.24. The van der Waals surface area contributed by atoms with E-state index in [1.54, 1.807) is 24.3 Å². The van der Waals surface area contributed by atoms with Gasteiger partial charge in [0.05, 0.1) is 10.6 Å². The van der Waals surface area contributed by atoms with Gasteiger partial charge >= 0.3 is 0 Å². The standard InChI is InChI=1S/C15H12ClN5O3S2/c16-8-4-5-11-12(6-8)19-14(22)13(11)20-21-15(25)18-9-2-1-3-10(7-9)26(17,23)24/h1-7H,(H2,17,23,24)(H2,18,21,25)(H,19,20,22). The molecule has 0 bridgehead atoms. The predicted octanol–water partition coefficient (Wildman–Crippen LogP) is 1.63. The van der Waals surface area contributed by atoms with Gasteiger partial charge in [0.25, 0.3) is 5.91 Å². The fraction of sp³-hybridized carbons (Fsp3) is 0. The molecular weight excluding hydrogens is 398 g/mol.